The SMILES string of the molecule is C/C(=N\NC(=O)c1cccc(C(F)(F)F)c1)c1ccc(C)nc1C. The molecule has 126 valence electrons. The second-order valence-electron chi connectivity index (χ2n) is 5.30. The lowest BCUT2D eigenvalue weighted by Crippen LogP contribution is -2.20. The number of hydrogen-bond acceptors (Lipinski definition) is 3. The lowest BCUT2D eigenvalue weighted by molar-refractivity contribution is -0.137. The summed E-state index contributed by atoms with van der Waals surface area (Å²) < 4.78 is 38.0. The Bertz CT molecular complexity index is 798. The summed E-state index contributed by atoms with van der Waals surface area (Å²) in [6.07, 6.45) is -4.50. The van der Waals surface area contributed by atoms with Crippen LogP contribution in [-0.4, -0.2) is 16.6 Å². The van der Waals surface area contributed by atoms with Crippen LogP contribution < -0.4 is 5.43 Å². The summed E-state index contributed by atoms with van der Waals surface area (Å²) in [5.74, 6) is -0.710. The lowest BCUT2D eigenvalue weighted by atomic mass is 10.1. The molecule has 0 aliphatic rings. The first kappa shape index (κ1) is 17.7. The number of carbonyl (C=O) groups excluding carboxylic acids is 1. The maximum absolute atomic E-state index is 12.7. The average Bonchev–Trinajstić information content (AvgIpc) is 2.51. The van der Waals surface area contributed by atoms with Crippen LogP contribution in [0.25, 0.3) is 0 Å². The smallest absolute Gasteiger partial charge is 0.267 e. The Morgan fingerprint density at radius 2 is 1.88 bits per heavy atom. The van der Waals surface area contributed by atoms with Gasteiger partial charge in [-0.1, -0.05) is 6.07 Å². The molecule has 0 saturated carbocycles. The number of aryl methyl sites for hydroxylation is 2. The topological polar surface area (TPSA) is 54.4 Å². The third kappa shape index (κ3) is 4.18. The Balaban J connectivity index is 2.18. The first-order valence-corrected chi connectivity index (χ1v) is 7.15. The second kappa shape index (κ2) is 6.82. The molecule has 0 radical (unpaired) electrons. The number of alkyl halides is 3. The van der Waals surface area contributed by atoms with E-state index in [9.17, 15) is 18.0 Å². The Kier molecular flexibility index (Phi) is 5.02. The molecule has 1 amide bonds. The summed E-state index contributed by atoms with van der Waals surface area (Å²) in [7, 11) is 0. The molecule has 4 nitrogen and oxygen atoms in total. The van der Waals surface area contributed by atoms with Gasteiger partial charge >= 0.3 is 6.18 Å². The quantitative estimate of drug-likeness (QED) is 0.684. The molecule has 1 aromatic carbocycles. The van der Waals surface area contributed by atoms with Gasteiger partial charge < -0.3 is 0 Å². The van der Waals surface area contributed by atoms with E-state index in [-0.39, 0.29) is 5.56 Å². The van der Waals surface area contributed by atoms with E-state index in [1.807, 2.05) is 26.0 Å². The van der Waals surface area contributed by atoms with E-state index in [2.05, 4.69) is 15.5 Å². The highest BCUT2D eigenvalue weighted by Crippen LogP contribution is 2.29. The minimum atomic E-state index is -4.50. The Morgan fingerprint density at radius 1 is 1.17 bits per heavy atom. The van der Waals surface area contributed by atoms with Gasteiger partial charge in [0.1, 0.15) is 0 Å². The largest absolute Gasteiger partial charge is 0.416 e. The van der Waals surface area contributed by atoms with Crippen LogP contribution in [0.15, 0.2) is 41.5 Å². The van der Waals surface area contributed by atoms with Gasteiger partial charge in [0.15, 0.2) is 0 Å². The van der Waals surface area contributed by atoms with Crippen molar-refractivity contribution in [1.82, 2.24) is 10.4 Å². The number of aromatic nitrogens is 1. The van der Waals surface area contributed by atoms with E-state index in [1.54, 1.807) is 6.92 Å². The Hall–Kier alpha value is -2.70. The maximum atomic E-state index is 12.7. The fraction of sp³-hybridized carbons (Fsp3) is 0.235. The summed E-state index contributed by atoms with van der Waals surface area (Å²) in [6, 6.07) is 7.82. The Labute approximate surface area is 137 Å². The molecular weight excluding hydrogens is 319 g/mol. The standard InChI is InChI=1S/C17H16F3N3O/c1-10-7-8-15(11(2)21-10)12(3)22-23-16(24)13-5-4-6-14(9-13)17(18,19)20/h4-9H,1-3H3,(H,23,24)/b22-12+. The highest BCUT2D eigenvalue weighted by molar-refractivity contribution is 6.01. The molecule has 0 bridgehead atoms. The van der Waals surface area contributed by atoms with Crippen molar-refractivity contribution < 1.29 is 18.0 Å². The van der Waals surface area contributed by atoms with Crippen LogP contribution in [0.5, 0.6) is 0 Å². The molecule has 0 saturated heterocycles. The van der Waals surface area contributed by atoms with Crippen molar-refractivity contribution in [3.8, 4) is 0 Å². The molecule has 0 fully saturated rings. The van der Waals surface area contributed by atoms with Crippen LogP contribution in [0.3, 0.4) is 0 Å². The van der Waals surface area contributed by atoms with Crippen LogP contribution in [0.1, 0.15) is 39.8 Å². The average molecular weight is 335 g/mol. The number of nitrogens with zero attached hydrogens (tertiary/aromatic N) is 2. The van der Waals surface area contributed by atoms with Gasteiger partial charge in [0.2, 0.25) is 0 Å². The van der Waals surface area contributed by atoms with Crippen molar-refractivity contribution in [2.45, 2.75) is 26.9 Å². The number of nitrogens with one attached hydrogen (secondary N) is 1. The molecule has 7 heteroatoms. The molecule has 0 aliphatic carbocycles. The van der Waals surface area contributed by atoms with Crippen LogP contribution >= 0.6 is 0 Å². The minimum Gasteiger partial charge on any atom is -0.267 e. The van der Waals surface area contributed by atoms with Crippen molar-refractivity contribution in [1.29, 1.82) is 0 Å². The monoisotopic (exact) mass is 335 g/mol. The van der Waals surface area contributed by atoms with Crippen LogP contribution in [0, 0.1) is 13.8 Å². The van der Waals surface area contributed by atoms with Crippen molar-refractivity contribution in [3.05, 3.63) is 64.5 Å². The van der Waals surface area contributed by atoms with E-state index in [0.717, 1.165) is 29.1 Å². The van der Waals surface area contributed by atoms with Crippen LogP contribution in [-0.2, 0) is 6.18 Å². The molecule has 0 unspecified atom stereocenters. The summed E-state index contributed by atoms with van der Waals surface area (Å²) in [4.78, 5) is 16.3. The van der Waals surface area contributed by atoms with E-state index in [1.165, 1.54) is 12.1 Å². The molecule has 1 heterocycles. The highest BCUT2D eigenvalue weighted by Gasteiger charge is 2.30. The molecule has 2 aromatic rings. The first-order chi connectivity index (χ1) is 11.2. The molecule has 0 atom stereocenters. The summed E-state index contributed by atoms with van der Waals surface area (Å²) in [5, 5.41) is 3.95. The summed E-state index contributed by atoms with van der Waals surface area (Å²) in [6.45, 7) is 5.36. The molecule has 24 heavy (non-hydrogen) atoms. The number of pyridine rings is 1. The minimum absolute atomic E-state index is 0.111. The third-order valence-electron chi connectivity index (χ3n) is 3.39. The van der Waals surface area contributed by atoms with Crippen molar-refractivity contribution in [2.24, 2.45) is 5.10 Å². The predicted octanol–water partition coefficient (Wildman–Crippen LogP) is 3.87. The maximum Gasteiger partial charge on any atom is 0.416 e. The fourth-order valence-corrected chi connectivity index (χ4v) is 2.17. The molecule has 2 rings (SSSR count). The number of halogens is 3. The first-order valence-electron chi connectivity index (χ1n) is 7.15. The van der Waals surface area contributed by atoms with Crippen molar-refractivity contribution in [2.75, 3.05) is 0 Å². The number of carbonyl (C=O) groups is 1. The zero-order valence-corrected chi connectivity index (χ0v) is 13.4. The van der Waals surface area contributed by atoms with Gasteiger partial charge in [0.25, 0.3) is 5.91 Å². The van der Waals surface area contributed by atoms with Crippen molar-refractivity contribution in [3.63, 3.8) is 0 Å². The number of hydrogen-bond donors (Lipinski definition) is 1. The zero-order valence-electron chi connectivity index (χ0n) is 13.4. The van der Waals surface area contributed by atoms with Gasteiger partial charge in [-0.15, -0.1) is 0 Å². The number of amides is 1. The van der Waals surface area contributed by atoms with Gasteiger partial charge in [-0.05, 0) is 51.1 Å². The van der Waals surface area contributed by atoms with E-state index >= 15 is 0 Å². The molecule has 0 aliphatic heterocycles. The summed E-state index contributed by atoms with van der Waals surface area (Å²) in [5.41, 5.74) is 4.16. The number of rotatable bonds is 3. The van der Waals surface area contributed by atoms with E-state index in [4.69, 9.17) is 0 Å². The Morgan fingerprint density at radius 3 is 2.50 bits per heavy atom. The van der Waals surface area contributed by atoms with Gasteiger partial charge in [-0.3, -0.25) is 9.78 Å². The van der Waals surface area contributed by atoms with Gasteiger partial charge in [0, 0.05) is 22.5 Å². The highest BCUT2D eigenvalue weighted by atomic mass is 19.4. The van der Waals surface area contributed by atoms with Gasteiger partial charge in [-0.25, -0.2) is 5.43 Å². The van der Waals surface area contributed by atoms with Gasteiger partial charge in [-0.2, -0.15) is 18.3 Å². The van der Waals surface area contributed by atoms with E-state index in [0.29, 0.717) is 5.71 Å². The third-order valence-corrected chi connectivity index (χ3v) is 3.39. The van der Waals surface area contributed by atoms with Crippen LogP contribution in [0.2, 0.25) is 0 Å². The van der Waals surface area contributed by atoms with E-state index < -0.39 is 17.6 Å². The molecule has 0 spiro atoms. The lowest BCUT2D eigenvalue weighted by Gasteiger charge is -2.09. The fourth-order valence-electron chi connectivity index (χ4n) is 2.17. The molecule has 1 aromatic heterocycles. The number of benzene rings is 1. The van der Waals surface area contributed by atoms with Gasteiger partial charge in [0.05, 0.1) is 11.3 Å². The second-order valence-corrected chi connectivity index (χ2v) is 5.30. The van der Waals surface area contributed by atoms with Crippen LogP contribution in [0.4, 0.5) is 13.2 Å². The zero-order chi connectivity index (χ0) is 17.9. The molecular formula is C17H16F3N3O. The summed E-state index contributed by atoms with van der Waals surface area (Å²) >= 11 is 0. The molecule has 1 N–H and O–H groups in total. The number of hydrazone groups is 1. The van der Waals surface area contributed by atoms with Crippen molar-refractivity contribution >= 4 is 11.6 Å². The predicted molar refractivity (Wildman–Crippen MR) is 84.8 cm³/mol. The normalized spacial score (nSPS) is 12.2.